The minimum Gasteiger partial charge on any atom is -0.488 e. The number of halogens is 1. The van der Waals surface area contributed by atoms with Crippen LogP contribution < -0.4 is 15.4 Å². The largest absolute Gasteiger partial charge is 0.488 e. The Kier molecular flexibility index (Phi) is 5.66. The Bertz CT molecular complexity index is 444. The van der Waals surface area contributed by atoms with Crippen LogP contribution in [0, 0.1) is 11.7 Å². The van der Waals surface area contributed by atoms with Crippen molar-refractivity contribution in [2.75, 3.05) is 17.2 Å². The Labute approximate surface area is 121 Å². The van der Waals surface area contributed by atoms with Gasteiger partial charge in [-0.2, -0.15) is 0 Å². The van der Waals surface area contributed by atoms with E-state index in [0.717, 1.165) is 12.2 Å². The van der Waals surface area contributed by atoms with Crippen LogP contribution in [0.5, 0.6) is 5.75 Å². The molecular formula is C16H27FN2O. The Hall–Kier alpha value is -1.45. The first-order chi connectivity index (χ1) is 9.22. The molecule has 114 valence electrons. The van der Waals surface area contributed by atoms with E-state index in [9.17, 15) is 4.39 Å². The fourth-order valence-electron chi connectivity index (χ4n) is 2.13. The van der Waals surface area contributed by atoms with E-state index < -0.39 is 5.82 Å². The summed E-state index contributed by atoms with van der Waals surface area (Å²) in [6.45, 7) is 13.1. The first-order valence-electron chi connectivity index (χ1n) is 7.24. The molecule has 20 heavy (non-hydrogen) atoms. The molecule has 0 heterocycles. The lowest BCUT2D eigenvalue weighted by Gasteiger charge is -2.32. The van der Waals surface area contributed by atoms with Crippen molar-refractivity contribution < 1.29 is 9.13 Å². The molecule has 0 amide bonds. The highest BCUT2D eigenvalue weighted by molar-refractivity contribution is 5.70. The first kappa shape index (κ1) is 16.6. The van der Waals surface area contributed by atoms with Gasteiger partial charge in [0.1, 0.15) is 0 Å². The van der Waals surface area contributed by atoms with Gasteiger partial charge in [0.25, 0.3) is 0 Å². The number of nitrogen functional groups attached to an aromatic ring is 1. The maximum atomic E-state index is 13.9. The molecule has 0 aliphatic rings. The van der Waals surface area contributed by atoms with Crippen molar-refractivity contribution in [2.24, 2.45) is 5.92 Å². The average molecular weight is 282 g/mol. The van der Waals surface area contributed by atoms with Gasteiger partial charge < -0.3 is 15.4 Å². The minimum atomic E-state index is -0.409. The number of rotatable bonds is 6. The summed E-state index contributed by atoms with van der Waals surface area (Å²) in [6, 6.07) is 3.35. The zero-order valence-electron chi connectivity index (χ0n) is 13.4. The fourth-order valence-corrected chi connectivity index (χ4v) is 2.13. The zero-order valence-corrected chi connectivity index (χ0v) is 13.4. The molecule has 2 N–H and O–H groups in total. The van der Waals surface area contributed by atoms with Crippen molar-refractivity contribution in [1.29, 1.82) is 0 Å². The highest BCUT2D eigenvalue weighted by Crippen LogP contribution is 2.33. The van der Waals surface area contributed by atoms with Gasteiger partial charge >= 0.3 is 0 Å². The second-order valence-electron chi connectivity index (χ2n) is 6.15. The second kappa shape index (κ2) is 6.82. The molecule has 0 aromatic heterocycles. The predicted molar refractivity (Wildman–Crippen MR) is 83.9 cm³/mol. The van der Waals surface area contributed by atoms with E-state index in [1.54, 1.807) is 6.07 Å². The van der Waals surface area contributed by atoms with Crippen LogP contribution in [0.4, 0.5) is 15.8 Å². The molecule has 0 aliphatic carbocycles. The van der Waals surface area contributed by atoms with Gasteiger partial charge in [-0.1, -0.05) is 13.8 Å². The summed E-state index contributed by atoms with van der Waals surface area (Å²) in [5, 5.41) is 0. The molecule has 1 rings (SSSR count). The van der Waals surface area contributed by atoms with Gasteiger partial charge in [0.15, 0.2) is 11.6 Å². The fraction of sp³-hybridized carbons (Fsp3) is 0.625. The predicted octanol–water partition coefficient (Wildman–Crippen LogP) is 4.07. The van der Waals surface area contributed by atoms with Crippen LogP contribution in [0.2, 0.25) is 0 Å². The molecule has 0 aliphatic heterocycles. The van der Waals surface area contributed by atoms with Crippen molar-refractivity contribution in [3.05, 3.63) is 17.9 Å². The summed E-state index contributed by atoms with van der Waals surface area (Å²) in [5.74, 6) is 0.350. The Morgan fingerprint density at radius 1 is 1.15 bits per heavy atom. The number of nitrogens with two attached hydrogens (primary N) is 1. The molecule has 1 aromatic rings. The molecule has 0 saturated heterocycles. The maximum Gasteiger partial charge on any atom is 0.167 e. The van der Waals surface area contributed by atoms with Crippen molar-refractivity contribution >= 4 is 11.4 Å². The highest BCUT2D eigenvalue weighted by Gasteiger charge is 2.18. The topological polar surface area (TPSA) is 38.5 Å². The van der Waals surface area contributed by atoms with Crippen molar-refractivity contribution in [3.63, 3.8) is 0 Å². The van der Waals surface area contributed by atoms with E-state index in [2.05, 4.69) is 32.6 Å². The van der Waals surface area contributed by atoms with E-state index in [-0.39, 0.29) is 17.9 Å². The number of hydrogen-bond donors (Lipinski definition) is 1. The molecule has 0 unspecified atom stereocenters. The van der Waals surface area contributed by atoms with Gasteiger partial charge in [0.2, 0.25) is 0 Å². The number of hydrogen-bond acceptors (Lipinski definition) is 3. The van der Waals surface area contributed by atoms with Gasteiger partial charge in [0, 0.05) is 24.7 Å². The molecule has 0 atom stereocenters. The van der Waals surface area contributed by atoms with Gasteiger partial charge in [-0.25, -0.2) is 4.39 Å². The smallest absolute Gasteiger partial charge is 0.167 e. The number of anilines is 2. The van der Waals surface area contributed by atoms with Gasteiger partial charge in [-0.15, -0.1) is 0 Å². The van der Waals surface area contributed by atoms with Crippen molar-refractivity contribution in [2.45, 2.75) is 53.7 Å². The molecule has 0 bridgehead atoms. The third-order valence-corrected chi connectivity index (χ3v) is 2.94. The van der Waals surface area contributed by atoms with Crippen molar-refractivity contribution in [3.8, 4) is 5.75 Å². The molecule has 3 nitrogen and oxygen atoms in total. The highest BCUT2D eigenvalue weighted by atomic mass is 19.1. The third kappa shape index (κ3) is 4.29. The molecule has 0 fully saturated rings. The molecular weight excluding hydrogens is 255 g/mol. The number of nitrogens with zero attached hydrogens (tertiary/aromatic N) is 1. The Morgan fingerprint density at radius 3 is 2.20 bits per heavy atom. The van der Waals surface area contributed by atoms with Crippen LogP contribution in [0.15, 0.2) is 12.1 Å². The first-order valence-corrected chi connectivity index (χ1v) is 7.24. The normalized spacial score (nSPS) is 11.5. The lowest BCUT2D eigenvalue weighted by Crippen LogP contribution is -2.34. The summed E-state index contributed by atoms with van der Waals surface area (Å²) in [7, 11) is 0. The quantitative estimate of drug-likeness (QED) is 0.799. The SMILES string of the molecule is CC(C)CN(c1cc(OC(C)C)c(F)cc1N)C(C)C. The lowest BCUT2D eigenvalue weighted by atomic mass is 10.1. The molecule has 0 spiro atoms. The Balaban J connectivity index is 3.19. The lowest BCUT2D eigenvalue weighted by molar-refractivity contribution is 0.231. The molecule has 4 heteroatoms. The Morgan fingerprint density at radius 2 is 1.75 bits per heavy atom. The molecule has 1 aromatic carbocycles. The van der Waals surface area contributed by atoms with Crippen molar-refractivity contribution in [1.82, 2.24) is 0 Å². The van der Waals surface area contributed by atoms with E-state index >= 15 is 0 Å². The monoisotopic (exact) mass is 282 g/mol. The van der Waals surface area contributed by atoms with E-state index in [4.69, 9.17) is 10.5 Å². The molecule has 0 saturated carbocycles. The summed E-state index contributed by atoms with van der Waals surface area (Å²) >= 11 is 0. The maximum absolute atomic E-state index is 13.9. The average Bonchev–Trinajstić information content (AvgIpc) is 2.29. The van der Waals surface area contributed by atoms with Crippen LogP contribution in [-0.2, 0) is 0 Å². The van der Waals surface area contributed by atoms with E-state index in [1.807, 2.05) is 13.8 Å². The summed E-state index contributed by atoms with van der Waals surface area (Å²) in [4.78, 5) is 2.19. The number of ether oxygens (including phenoxy) is 1. The standard InChI is InChI=1S/C16H27FN2O/c1-10(2)9-19(11(3)4)15-8-16(20-12(5)6)13(17)7-14(15)18/h7-8,10-12H,9,18H2,1-6H3. The minimum absolute atomic E-state index is 0.0708. The summed E-state index contributed by atoms with van der Waals surface area (Å²) < 4.78 is 19.4. The summed E-state index contributed by atoms with van der Waals surface area (Å²) in [6.07, 6.45) is -0.0708. The number of benzene rings is 1. The molecule has 0 radical (unpaired) electrons. The van der Waals surface area contributed by atoms with Gasteiger partial charge in [-0.05, 0) is 33.6 Å². The summed E-state index contributed by atoms with van der Waals surface area (Å²) in [5.41, 5.74) is 7.29. The van der Waals surface area contributed by atoms with Gasteiger partial charge in [-0.3, -0.25) is 0 Å². The van der Waals surface area contributed by atoms with Crippen LogP contribution in [-0.4, -0.2) is 18.7 Å². The third-order valence-electron chi connectivity index (χ3n) is 2.94. The van der Waals surface area contributed by atoms with Crippen LogP contribution in [0.25, 0.3) is 0 Å². The van der Waals surface area contributed by atoms with E-state index in [0.29, 0.717) is 11.6 Å². The van der Waals surface area contributed by atoms with Crippen LogP contribution >= 0.6 is 0 Å². The zero-order chi connectivity index (χ0) is 15.4. The second-order valence-corrected chi connectivity index (χ2v) is 6.15. The van der Waals surface area contributed by atoms with Crippen LogP contribution in [0.1, 0.15) is 41.5 Å². The van der Waals surface area contributed by atoms with Crippen LogP contribution in [0.3, 0.4) is 0 Å². The van der Waals surface area contributed by atoms with E-state index in [1.165, 1.54) is 6.07 Å². The van der Waals surface area contributed by atoms with Gasteiger partial charge in [0.05, 0.1) is 17.5 Å².